The summed E-state index contributed by atoms with van der Waals surface area (Å²) in [5.74, 6) is 0.568. The van der Waals surface area contributed by atoms with Gasteiger partial charge in [0.25, 0.3) is 0 Å². The van der Waals surface area contributed by atoms with Crippen LogP contribution in [-0.4, -0.2) is 23.6 Å². The molecular formula is C12H14O3. The number of para-hydroxylation sites is 1. The average Bonchev–Trinajstić information content (AvgIpc) is 2.65. The highest BCUT2D eigenvalue weighted by Gasteiger charge is 2.27. The first-order chi connectivity index (χ1) is 7.31. The standard InChI is InChI=1S/C12H14O3/c13-8-9-4-1-2-6-11(9)15-12-7-3-5-10(12)14/h1-2,4,6,8,10,12,14H,3,5,7H2. The predicted octanol–water partition coefficient (Wildman–Crippen LogP) is 1.79. The minimum Gasteiger partial charge on any atom is -0.487 e. The lowest BCUT2D eigenvalue weighted by atomic mass is 10.2. The molecule has 1 aliphatic rings. The fourth-order valence-electron chi connectivity index (χ4n) is 1.89. The van der Waals surface area contributed by atoms with Gasteiger partial charge in [0, 0.05) is 0 Å². The molecule has 0 bridgehead atoms. The molecule has 1 N–H and O–H groups in total. The van der Waals surface area contributed by atoms with Gasteiger partial charge in [0.15, 0.2) is 6.29 Å². The minimum atomic E-state index is -0.398. The molecule has 0 heterocycles. The van der Waals surface area contributed by atoms with Gasteiger partial charge in [-0.05, 0) is 31.4 Å². The Balaban J connectivity index is 2.12. The SMILES string of the molecule is O=Cc1ccccc1OC1CCCC1O. The maximum atomic E-state index is 10.7. The Morgan fingerprint density at radius 1 is 1.33 bits per heavy atom. The lowest BCUT2D eigenvalue weighted by molar-refractivity contribution is 0.0597. The normalized spacial score (nSPS) is 25.1. The number of hydrogen-bond donors (Lipinski definition) is 1. The van der Waals surface area contributed by atoms with E-state index in [2.05, 4.69) is 0 Å². The zero-order chi connectivity index (χ0) is 10.7. The molecule has 0 saturated heterocycles. The third-order valence-electron chi connectivity index (χ3n) is 2.74. The van der Waals surface area contributed by atoms with E-state index in [1.165, 1.54) is 0 Å². The Morgan fingerprint density at radius 2 is 2.13 bits per heavy atom. The quantitative estimate of drug-likeness (QED) is 0.767. The van der Waals surface area contributed by atoms with Gasteiger partial charge in [-0.2, -0.15) is 0 Å². The second-order valence-corrected chi connectivity index (χ2v) is 3.81. The second-order valence-electron chi connectivity index (χ2n) is 3.81. The summed E-state index contributed by atoms with van der Waals surface area (Å²) >= 11 is 0. The molecule has 3 heteroatoms. The largest absolute Gasteiger partial charge is 0.487 e. The van der Waals surface area contributed by atoms with Crippen molar-refractivity contribution in [3.63, 3.8) is 0 Å². The first-order valence-corrected chi connectivity index (χ1v) is 5.20. The van der Waals surface area contributed by atoms with E-state index in [9.17, 15) is 9.90 Å². The van der Waals surface area contributed by atoms with Gasteiger partial charge in [-0.25, -0.2) is 0 Å². The number of carbonyl (C=O) groups excluding carboxylic acids is 1. The number of rotatable bonds is 3. The van der Waals surface area contributed by atoms with Gasteiger partial charge < -0.3 is 9.84 Å². The van der Waals surface area contributed by atoms with Gasteiger partial charge in [0.1, 0.15) is 11.9 Å². The molecule has 15 heavy (non-hydrogen) atoms. The molecule has 1 saturated carbocycles. The van der Waals surface area contributed by atoms with E-state index in [0.717, 1.165) is 25.5 Å². The maximum absolute atomic E-state index is 10.7. The van der Waals surface area contributed by atoms with E-state index in [4.69, 9.17) is 4.74 Å². The van der Waals surface area contributed by atoms with Gasteiger partial charge in [0.05, 0.1) is 11.7 Å². The summed E-state index contributed by atoms with van der Waals surface area (Å²) in [7, 11) is 0. The van der Waals surface area contributed by atoms with E-state index in [-0.39, 0.29) is 6.10 Å². The predicted molar refractivity (Wildman–Crippen MR) is 56.1 cm³/mol. The minimum absolute atomic E-state index is 0.161. The number of carbonyl (C=O) groups is 1. The smallest absolute Gasteiger partial charge is 0.153 e. The van der Waals surface area contributed by atoms with Crippen molar-refractivity contribution in [2.45, 2.75) is 31.5 Å². The lowest BCUT2D eigenvalue weighted by Gasteiger charge is -2.17. The average molecular weight is 206 g/mol. The van der Waals surface area contributed by atoms with Crippen molar-refractivity contribution in [3.05, 3.63) is 29.8 Å². The monoisotopic (exact) mass is 206 g/mol. The van der Waals surface area contributed by atoms with Crippen molar-refractivity contribution in [2.75, 3.05) is 0 Å². The summed E-state index contributed by atoms with van der Waals surface area (Å²) in [5, 5.41) is 9.60. The van der Waals surface area contributed by atoms with Gasteiger partial charge in [0.2, 0.25) is 0 Å². The summed E-state index contributed by atoms with van der Waals surface area (Å²) in [4.78, 5) is 10.7. The summed E-state index contributed by atoms with van der Waals surface area (Å²) in [6.07, 6.45) is 2.84. The van der Waals surface area contributed by atoms with Gasteiger partial charge in [-0.1, -0.05) is 12.1 Å². The molecule has 1 aliphatic carbocycles. The Hall–Kier alpha value is -1.35. The van der Waals surface area contributed by atoms with Crippen LogP contribution in [0.1, 0.15) is 29.6 Å². The van der Waals surface area contributed by atoms with E-state index >= 15 is 0 Å². The van der Waals surface area contributed by atoms with Crippen molar-refractivity contribution in [1.82, 2.24) is 0 Å². The molecule has 1 fully saturated rings. The van der Waals surface area contributed by atoms with Crippen LogP contribution in [-0.2, 0) is 0 Å². The summed E-state index contributed by atoms with van der Waals surface area (Å²) < 4.78 is 5.63. The van der Waals surface area contributed by atoms with Gasteiger partial charge in [-0.3, -0.25) is 4.79 Å². The van der Waals surface area contributed by atoms with Crippen LogP contribution in [0.4, 0.5) is 0 Å². The van der Waals surface area contributed by atoms with E-state index in [1.54, 1.807) is 18.2 Å². The molecule has 2 unspecified atom stereocenters. The zero-order valence-electron chi connectivity index (χ0n) is 8.43. The van der Waals surface area contributed by atoms with Crippen molar-refractivity contribution in [1.29, 1.82) is 0 Å². The van der Waals surface area contributed by atoms with Crippen LogP contribution in [0.2, 0.25) is 0 Å². The van der Waals surface area contributed by atoms with E-state index < -0.39 is 6.10 Å². The number of hydrogen-bond acceptors (Lipinski definition) is 3. The van der Waals surface area contributed by atoms with Crippen LogP contribution in [0.15, 0.2) is 24.3 Å². The molecule has 0 amide bonds. The fourth-order valence-corrected chi connectivity index (χ4v) is 1.89. The van der Waals surface area contributed by atoms with Crippen LogP contribution >= 0.6 is 0 Å². The molecule has 2 atom stereocenters. The van der Waals surface area contributed by atoms with Gasteiger partial charge in [-0.15, -0.1) is 0 Å². The number of aldehydes is 1. The molecule has 0 aliphatic heterocycles. The molecule has 80 valence electrons. The first-order valence-electron chi connectivity index (χ1n) is 5.20. The van der Waals surface area contributed by atoms with E-state index in [0.29, 0.717) is 11.3 Å². The highest BCUT2D eigenvalue weighted by molar-refractivity contribution is 5.79. The number of benzene rings is 1. The molecular weight excluding hydrogens is 192 g/mol. The molecule has 0 aromatic heterocycles. The molecule has 1 aromatic rings. The number of aliphatic hydroxyl groups excluding tert-OH is 1. The summed E-state index contributed by atoms with van der Waals surface area (Å²) in [5.41, 5.74) is 0.539. The Bertz CT molecular complexity index is 348. The third kappa shape index (κ3) is 2.18. The van der Waals surface area contributed by atoms with Crippen LogP contribution in [0.25, 0.3) is 0 Å². The third-order valence-corrected chi connectivity index (χ3v) is 2.74. The van der Waals surface area contributed by atoms with Gasteiger partial charge >= 0.3 is 0 Å². The molecule has 0 radical (unpaired) electrons. The highest BCUT2D eigenvalue weighted by atomic mass is 16.5. The van der Waals surface area contributed by atoms with Crippen LogP contribution in [0.3, 0.4) is 0 Å². The molecule has 0 spiro atoms. The zero-order valence-corrected chi connectivity index (χ0v) is 8.43. The second kappa shape index (κ2) is 4.45. The number of ether oxygens (including phenoxy) is 1. The van der Waals surface area contributed by atoms with E-state index in [1.807, 2.05) is 6.07 Å². The fraction of sp³-hybridized carbons (Fsp3) is 0.417. The summed E-state index contributed by atoms with van der Waals surface area (Å²) in [6, 6.07) is 7.09. The van der Waals surface area contributed by atoms with Crippen molar-refractivity contribution < 1.29 is 14.6 Å². The van der Waals surface area contributed by atoms with Crippen molar-refractivity contribution in [3.8, 4) is 5.75 Å². The topological polar surface area (TPSA) is 46.5 Å². The van der Waals surface area contributed by atoms with Crippen LogP contribution < -0.4 is 4.74 Å². The lowest BCUT2D eigenvalue weighted by Crippen LogP contribution is -2.26. The van der Waals surface area contributed by atoms with Crippen LogP contribution in [0.5, 0.6) is 5.75 Å². The molecule has 3 nitrogen and oxygen atoms in total. The number of aliphatic hydroxyl groups is 1. The van der Waals surface area contributed by atoms with Crippen molar-refractivity contribution in [2.24, 2.45) is 0 Å². The first kappa shape index (κ1) is 10.2. The Labute approximate surface area is 88.7 Å². The Morgan fingerprint density at radius 3 is 2.80 bits per heavy atom. The maximum Gasteiger partial charge on any atom is 0.153 e. The highest BCUT2D eigenvalue weighted by Crippen LogP contribution is 2.26. The van der Waals surface area contributed by atoms with Crippen LogP contribution in [0, 0.1) is 0 Å². The molecule has 1 aromatic carbocycles. The summed E-state index contributed by atoms with van der Waals surface area (Å²) in [6.45, 7) is 0. The molecule has 2 rings (SSSR count). The van der Waals surface area contributed by atoms with Crippen molar-refractivity contribution >= 4 is 6.29 Å². The Kier molecular flexibility index (Phi) is 3.02.